The Morgan fingerprint density at radius 2 is 1.70 bits per heavy atom. The van der Waals surface area contributed by atoms with Gasteiger partial charge in [-0.15, -0.1) is 24.8 Å². The van der Waals surface area contributed by atoms with Gasteiger partial charge in [0.2, 0.25) is 11.7 Å². The number of pyridine rings is 1. The molecule has 1 heterocycles. The number of anilines is 1. The molecule has 60 heavy (non-hydrogen) atoms. The second-order valence-corrected chi connectivity index (χ2v) is 16.9. The van der Waals surface area contributed by atoms with Gasteiger partial charge in [-0.1, -0.05) is 55.8 Å². The summed E-state index contributed by atoms with van der Waals surface area (Å²) in [5.41, 5.74) is 2.05. The fourth-order valence-electron chi connectivity index (χ4n) is 10.5. The molecule has 1 aromatic heterocycles. The van der Waals surface area contributed by atoms with Gasteiger partial charge in [-0.25, -0.2) is 4.39 Å². The summed E-state index contributed by atoms with van der Waals surface area (Å²) < 4.78 is 28.0. The van der Waals surface area contributed by atoms with Gasteiger partial charge >= 0.3 is 11.9 Å². The maximum Gasteiger partial charge on any atom is 0.306 e. The lowest BCUT2D eigenvalue weighted by Gasteiger charge is -2.62. The maximum atomic E-state index is 17.4. The van der Waals surface area contributed by atoms with Crippen molar-refractivity contribution in [2.45, 2.75) is 89.2 Å². The molecule has 1 amide bonds. The van der Waals surface area contributed by atoms with Gasteiger partial charge in [-0.05, 0) is 91.3 Å². The third-order valence-corrected chi connectivity index (χ3v) is 13.8. The third-order valence-electron chi connectivity index (χ3n) is 13.8. The summed E-state index contributed by atoms with van der Waals surface area (Å²) in [5.74, 6) is -5.11. The molecule has 322 valence electrons. The Balaban J connectivity index is 0.00000341. The molecular weight excluding hydrogens is 816 g/mol. The Kier molecular flexibility index (Phi) is 13.8. The van der Waals surface area contributed by atoms with Crippen molar-refractivity contribution in [1.82, 2.24) is 4.98 Å². The van der Waals surface area contributed by atoms with Crippen LogP contribution in [-0.4, -0.2) is 75.1 Å². The largest absolute Gasteiger partial charge is 0.461 e. The second-order valence-electron chi connectivity index (χ2n) is 16.9. The number of rotatable bonds is 12. The van der Waals surface area contributed by atoms with Gasteiger partial charge in [0.15, 0.2) is 18.1 Å². The molecule has 2 aromatic carbocycles. The molecule has 3 fully saturated rings. The van der Waals surface area contributed by atoms with E-state index in [0.717, 1.165) is 10.8 Å². The molecule has 4 aliphatic carbocycles. The minimum absolute atomic E-state index is 0. The van der Waals surface area contributed by atoms with Crippen molar-refractivity contribution >= 4 is 70.7 Å². The molecule has 5 N–H and O–H groups in total. The average Bonchev–Trinajstić information content (AvgIpc) is 3.41. The summed E-state index contributed by atoms with van der Waals surface area (Å²) >= 11 is 0. The number of ketones is 2. The van der Waals surface area contributed by atoms with E-state index in [-0.39, 0.29) is 68.9 Å². The molecule has 0 radical (unpaired) electrons. The highest BCUT2D eigenvalue weighted by Crippen LogP contribution is 2.70. The maximum absolute atomic E-state index is 17.4. The number of nitrogens with two attached hydrogens (primary N) is 1. The Morgan fingerprint density at radius 1 is 1.00 bits per heavy atom. The number of nitrogens with zero attached hydrogens (tertiary/aromatic N) is 1. The molecule has 4 aliphatic rings. The van der Waals surface area contributed by atoms with E-state index in [0.29, 0.717) is 41.6 Å². The summed E-state index contributed by atoms with van der Waals surface area (Å²) in [4.78, 5) is 68.3. The van der Waals surface area contributed by atoms with Crippen LogP contribution in [0.2, 0.25) is 0 Å². The quantitative estimate of drug-likeness (QED) is 0.155. The van der Waals surface area contributed by atoms with Crippen molar-refractivity contribution in [3.63, 3.8) is 0 Å². The first kappa shape index (κ1) is 46.5. The Labute approximate surface area is 360 Å². The van der Waals surface area contributed by atoms with E-state index in [2.05, 4.69) is 10.3 Å². The SMILES string of the molecule is C[C@@H]1C[C@H]2[C@@H]3CCC4=CC(=O)C=C[C@]4(C)[C@@]3(F)[C@@H](O)C[C@]2(C)[C@@]1(O)C(=O)COC(=O)CCC(=O)OCc1ccc(C(CN)C(=O)Nc2ccc3cnccc3c2)cc1.Cl.Cl. The van der Waals surface area contributed by atoms with E-state index in [1.807, 2.05) is 18.2 Å². The third kappa shape index (κ3) is 7.90. The number of aliphatic hydroxyl groups excluding tert-OH is 1. The monoisotopic (exact) mass is 867 g/mol. The van der Waals surface area contributed by atoms with Gasteiger partial charge in [0.05, 0.1) is 24.9 Å². The number of halogens is 3. The van der Waals surface area contributed by atoms with Gasteiger partial charge in [-0.3, -0.25) is 29.0 Å². The molecule has 7 rings (SSSR count). The normalized spacial score (nSPS) is 30.6. The number of esters is 2. The number of ether oxygens (including phenoxy) is 2. The molecule has 0 aliphatic heterocycles. The number of allylic oxidation sites excluding steroid dienone is 4. The molecule has 15 heteroatoms. The lowest BCUT2D eigenvalue weighted by Crippen LogP contribution is -2.69. The van der Waals surface area contributed by atoms with Gasteiger partial charge in [0, 0.05) is 46.8 Å². The van der Waals surface area contributed by atoms with Gasteiger partial charge in [0.1, 0.15) is 12.2 Å². The molecule has 3 aromatic rings. The fourth-order valence-corrected chi connectivity index (χ4v) is 10.5. The predicted octanol–water partition coefficient (Wildman–Crippen LogP) is 6.04. The second kappa shape index (κ2) is 17.8. The number of carbonyl (C=O) groups is 5. The number of alkyl halides is 1. The van der Waals surface area contributed by atoms with Crippen molar-refractivity contribution in [3.05, 3.63) is 95.9 Å². The smallest absolute Gasteiger partial charge is 0.306 e. The Bertz CT molecular complexity index is 2220. The molecule has 3 saturated carbocycles. The molecule has 12 nitrogen and oxygen atoms in total. The number of amides is 1. The number of fused-ring (bicyclic) bond motifs is 6. The van der Waals surface area contributed by atoms with E-state index in [9.17, 15) is 34.2 Å². The molecule has 0 bridgehead atoms. The molecule has 0 spiro atoms. The highest BCUT2D eigenvalue weighted by Gasteiger charge is 2.75. The van der Waals surface area contributed by atoms with Crippen LogP contribution < -0.4 is 11.1 Å². The van der Waals surface area contributed by atoms with Crippen LogP contribution in [0.25, 0.3) is 10.8 Å². The number of hydrogen-bond donors (Lipinski definition) is 4. The van der Waals surface area contributed by atoms with Crippen LogP contribution >= 0.6 is 24.8 Å². The summed E-state index contributed by atoms with van der Waals surface area (Å²) in [7, 11) is 0. The molecular formula is C45H52Cl2FN3O9. The molecule has 0 saturated heterocycles. The van der Waals surface area contributed by atoms with E-state index in [1.54, 1.807) is 69.6 Å². The zero-order chi connectivity index (χ0) is 41.6. The van der Waals surface area contributed by atoms with Crippen LogP contribution in [0.5, 0.6) is 0 Å². The Morgan fingerprint density at radius 3 is 2.40 bits per heavy atom. The molecule has 9 atom stereocenters. The van der Waals surface area contributed by atoms with Crippen LogP contribution in [-0.2, 0) is 40.1 Å². The van der Waals surface area contributed by atoms with Gasteiger partial charge in [-0.2, -0.15) is 0 Å². The number of carbonyl (C=O) groups excluding carboxylic acids is 5. The van der Waals surface area contributed by atoms with E-state index < -0.39 is 76.2 Å². The van der Waals surface area contributed by atoms with Crippen LogP contribution in [0.3, 0.4) is 0 Å². The van der Waals surface area contributed by atoms with Gasteiger partial charge < -0.3 is 30.7 Å². The van der Waals surface area contributed by atoms with Crippen LogP contribution in [0, 0.1) is 28.6 Å². The van der Waals surface area contributed by atoms with Crippen LogP contribution in [0.15, 0.2) is 84.7 Å². The summed E-state index contributed by atoms with van der Waals surface area (Å²) in [5, 5.41) is 28.5. The summed E-state index contributed by atoms with van der Waals surface area (Å²) in [6.07, 6.45) is 6.51. The van der Waals surface area contributed by atoms with E-state index in [4.69, 9.17) is 15.2 Å². The van der Waals surface area contributed by atoms with Crippen molar-refractivity contribution < 1.29 is 48.0 Å². The van der Waals surface area contributed by atoms with E-state index in [1.165, 1.54) is 12.2 Å². The highest BCUT2D eigenvalue weighted by molar-refractivity contribution is 6.01. The number of nitrogens with one attached hydrogen (secondary N) is 1. The van der Waals surface area contributed by atoms with E-state index >= 15 is 4.39 Å². The lowest BCUT2D eigenvalue weighted by molar-refractivity contribution is -0.220. The van der Waals surface area contributed by atoms with Crippen LogP contribution in [0.4, 0.5) is 10.1 Å². The average molecular weight is 869 g/mol. The van der Waals surface area contributed by atoms with Crippen molar-refractivity contribution in [3.8, 4) is 0 Å². The van der Waals surface area contributed by atoms with Crippen LogP contribution in [0.1, 0.15) is 76.3 Å². The van der Waals surface area contributed by atoms with Crippen molar-refractivity contribution in [2.24, 2.45) is 34.3 Å². The fraction of sp³-hybridized carbons (Fsp3) is 0.467. The lowest BCUT2D eigenvalue weighted by atomic mass is 9.44. The first-order chi connectivity index (χ1) is 27.5. The van der Waals surface area contributed by atoms with Crippen molar-refractivity contribution in [1.29, 1.82) is 0 Å². The first-order valence-electron chi connectivity index (χ1n) is 19.9. The number of aromatic nitrogens is 1. The topological polar surface area (TPSA) is 195 Å². The number of Topliss-reactive ketones (excluding diaryl/α,β-unsaturated/α-hetero) is 1. The standard InChI is InChI=1S/C45H50FN3O9.2ClH/c1-26-18-36-35-11-9-31-20-33(50)14-16-42(31,2)44(35,46)37(51)21-43(36,3)45(26,56)38(52)25-58-40(54)13-12-39(53)57-24-27-4-6-28(7-5-27)34(22-47)41(55)49-32-10-8-30-23-48-17-15-29(30)19-32;;/h4-8,10,14-17,19-20,23,26,34-37,51,56H,9,11-13,18,21-22,24-25,47H2,1-3H3,(H,49,55);2*1H/t26-,34?,35+,36+,37+,42+,43+,44+,45+;;/m1../s1. The minimum atomic E-state index is -2.11. The summed E-state index contributed by atoms with van der Waals surface area (Å²) in [6.45, 7) is 4.37. The minimum Gasteiger partial charge on any atom is -0.461 e. The zero-order valence-corrected chi connectivity index (χ0v) is 35.4. The number of aliphatic hydroxyl groups is 2. The Hall–Kier alpha value is -4.53. The highest BCUT2D eigenvalue weighted by atomic mass is 35.5. The predicted molar refractivity (Wildman–Crippen MR) is 226 cm³/mol. The summed E-state index contributed by atoms with van der Waals surface area (Å²) in [6, 6.07) is 14.3. The first-order valence-corrected chi connectivity index (χ1v) is 19.9. The van der Waals surface area contributed by atoms with Gasteiger partial charge in [0.25, 0.3) is 0 Å². The van der Waals surface area contributed by atoms with Crippen molar-refractivity contribution in [2.75, 3.05) is 18.5 Å². The number of benzene rings is 2. The zero-order valence-electron chi connectivity index (χ0n) is 33.7. The number of hydrogen-bond acceptors (Lipinski definition) is 11. The molecule has 1 unspecified atom stereocenters.